The van der Waals surface area contributed by atoms with Gasteiger partial charge < -0.3 is 5.11 Å². The molecule has 1 unspecified atom stereocenters. The third kappa shape index (κ3) is 3.67. The zero-order valence-electron chi connectivity index (χ0n) is 15.9. The lowest BCUT2D eigenvalue weighted by Crippen LogP contribution is -2.29. The summed E-state index contributed by atoms with van der Waals surface area (Å²) in [6, 6.07) is 19.3. The van der Waals surface area contributed by atoms with Crippen LogP contribution in [0.2, 0.25) is 5.02 Å². The number of carbonyl (C=O) groups is 2. The van der Waals surface area contributed by atoms with Crippen LogP contribution < -0.4 is 4.90 Å². The van der Waals surface area contributed by atoms with Crippen molar-refractivity contribution in [2.24, 2.45) is 0 Å². The average Bonchev–Trinajstić information content (AvgIpc) is 3.05. The van der Waals surface area contributed by atoms with Gasteiger partial charge in [0.15, 0.2) is 0 Å². The normalized spacial score (nSPS) is 17.7. The number of anilines is 1. The number of ketones is 1. The summed E-state index contributed by atoms with van der Waals surface area (Å²) in [5.41, 5.74) is 0.998. The van der Waals surface area contributed by atoms with Gasteiger partial charge in [0.1, 0.15) is 5.76 Å². The lowest BCUT2D eigenvalue weighted by molar-refractivity contribution is -0.384. The molecule has 0 radical (unpaired) electrons. The summed E-state index contributed by atoms with van der Waals surface area (Å²) < 4.78 is 0. The van der Waals surface area contributed by atoms with Gasteiger partial charge in [-0.2, -0.15) is 0 Å². The summed E-state index contributed by atoms with van der Waals surface area (Å²) in [6.07, 6.45) is 0. The zero-order chi connectivity index (χ0) is 22.1. The van der Waals surface area contributed by atoms with Crippen molar-refractivity contribution in [2.45, 2.75) is 6.04 Å². The quantitative estimate of drug-likeness (QED) is 0.207. The second-order valence-corrected chi connectivity index (χ2v) is 7.30. The van der Waals surface area contributed by atoms with Crippen molar-refractivity contribution >= 4 is 40.4 Å². The molecule has 1 aliphatic rings. The molecule has 1 heterocycles. The Kier molecular flexibility index (Phi) is 5.27. The van der Waals surface area contributed by atoms with Gasteiger partial charge in [0.05, 0.1) is 16.5 Å². The van der Waals surface area contributed by atoms with Gasteiger partial charge in [-0.05, 0) is 42.0 Å². The minimum atomic E-state index is -0.970. The molecule has 0 bridgehead atoms. The van der Waals surface area contributed by atoms with Gasteiger partial charge in [-0.15, -0.1) is 0 Å². The van der Waals surface area contributed by atoms with Gasteiger partial charge in [-0.1, -0.05) is 41.9 Å². The number of aliphatic hydroxyl groups is 1. The number of aliphatic hydroxyl groups excluding tert-OH is 1. The molecule has 0 saturated carbocycles. The second kappa shape index (κ2) is 8.04. The predicted molar refractivity (Wildman–Crippen MR) is 116 cm³/mol. The largest absolute Gasteiger partial charge is 0.507 e. The number of hydrogen-bond donors (Lipinski definition) is 1. The highest BCUT2D eigenvalue weighted by atomic mass is 35.5. The summed E-state index contributed by atoms with van der Waals surface area (Å²) in [5, 5.41) is 22.4. The summed E-state index contributed by atoms with van der Waals surface area (Å²) in [7, 11) is 0. The van der Waals surface area contributed by atoms with Gasteiger partial charge >= 0.3 is 0 Å². The topological polar surface area (TPSA) is 101 Å². The van der Waals surface area contributed by atoms with Gasteiger partial charge in [0.25, 0.3) is 17.4 Å². The summed E-state index contributed by atoms with van der Waals surface area (Å²) in [6.45, 7) is 0. The number of carbonyl (C=O) groups excluding carboxylic acids is 2. The molecule has 8 heteroatoms. The third-order valence-corrected chi connectivity index (χ3v) is 5.27. The Bertz CT molecular complexity index is 1200. The maximum atomic E-state index is 13.0. The first kappa shape index (κ1) is 20.3. The fourth-order valence-corrected chi connectivity index (χ4v) is 3.67. The predicted octanol–water partition coefficient (Wildman–Crippen LogP) is 4.87. The van der Waals surface area contributed by atoms with E-state index in [1.807, 2.05) is 0 Å². The molecule has 1 atom stereocenters. The molecule has 7 nitrogen and oxygen atoms in total. The van der Waals surface area contributed by atoms with E-state index in [0.717, 1.165) is 0 Å². The van der Waals surface area contributed by atoms with E-state index in [4.69, 9.17) is 11.6 Å². The van der Waals surface area contributed by atoms with Crippen LogP contribution in [0.5, 0.6) is 0 Å². The molecule has 1 N–H and O–H groups in total. The van der Waals surface area contributed by atoms with E-state index in [1.165, 1.54) is 29.2 Å². The fourth-order valence-electron chi connectivity index (χ4n) is 3.55. The Morgan fingerprint density at radius 1 is 0.935 bits per heavy atom. The van der Waals surface area contributed by atoms with E-state index in [0.29, 0.717) is 21.8 Å². The highest BCUT2D eigenvalue weighted by Crippen LogP contribution is 2.42. The minimum Gasteiger partial charge on any atom is -0.507 e. The number of amides is 1. The maximum absolute atomic E-state index is 13.0. The number of hydrogen-bond acceptors (Lipinski definition) is 5. The fraction of sp³-hybridized carbons (Fsp3) is 0.0435. The second-order valence-electron chi connectivity index (χ2n) is 6.86. The highest BCUT2D eigenvalue weighted by Gasteiger charge is 2.47. The molecular formula is C23H15ClN2O5. The van der Waals surface area contributed by atoms with Crippen molar-refractivity contribution in [2.75, 3.05) is 4.90 Å². The number of halogens is 1. The van der Waals surface area contributed by atoms with Crippen LogP contribution in [-0.2, 0) is 9.59 Å². The first-order chi connectivity index (χ1) is 14.9. The Balaban J connectivity index is 1.93. The lowest BCUT2D eigenvalue weighted by atomic mass is 9.95. The van der Waals surface area contributed by atoms with Gasteiger partial charge in [-0.25, -0.2) is 0 Å². The molecule has 0 aromatic heterocycles. The maximum Gasteiger partial charge on any atom is 0.300 e. The van der Waals surface area contributed by atoms with Gasteiger partial charge in [0.2, 0.25) is 0 Å². The van der Waals surface area contributed by atoms with Crippen LogP contribution >= 0.6 is 11.6 Å². The standard InChI is InChI=1S/C23H15ClN2O5/c24-16-8-12-17(13-9-16)25-20(14-6-10-18(11-7-14)26(30)31)19(22(28)23(25)29)21(27)15-4-2-1-3-5-15/h1-13,20,27H/b21-19-. The van der Waals surface area contributed by atoms with Crippen molar-refractivity contribution in [1.82, 2.24) is 0 Å². The SMILES string of the molecule is O=C1C(=O)N(c2ccc(Cl)cc2)C(c2ccc([N+](=O)[O-])cc2)/C1=C(/O)c1ccccc1. The van der Waals surface area contributed by atoms with Crippen molar-refractivity contribution < 1.29 is 19.6 Å². The summed E-state index contributed by atoms with van der Waals surface area (Å²) in [4.78, 5) is 37.7. The monoisotopic (exact) mass is 434 g/mol. The number of nitrogens with zero attached hydrogens (tertiary/aromatic N) is 2. The number of nitro groups is 1. The molecule has 1 aliphatic heterocycles. The third-order valence-electron chi connectivity index (χ3n) is 5.02. The summed E-state index contributed by atoms with van der Waals surface area (Å²) >= 11 is 5.96. The van der Waals surface area contributed by atoms with Crippen molar-refractivity contribution in [3.8, 4) is 0 Å². The van der Waals surface area contributed by atoms with E-state index >= 15 is 0 Å². The molecule has 1 saturated heterocycles. The number of non-ortho nitro benzene ring substituents is 1. The Morgan fingerprint density at radius 3 is 2.13 bits per heavy atom. The van der Waals surface area contributed by atoms with E-state index in [9.17, 15) is 24.8 Å². The van der Waals surface area contributed by atoms with E-state index in [-0.39, 0.29) is 17.0 Å². The van der Waals surface area contributed by atoms with Crippen LogP contribution in [0.15, 0.2) is 84.4 Å². The molecule has 1 fully saturated rings. The van der Waals surface area contributed by atoms with Gasteiger partial charge in [0, 0.05) is 28.4 Å². The van der Waals surface area contributed by atoms with Crippen LogP contribution in [-0.4, -0.2) is 21.7 Å². The number of rotatable bonds is 4. The number of nitro benzene ring substituents is 1. The zero-order valence-corrected chi connectivity index (χ0v) is 16.7. The van der Waals surface area contributed by atoms with Crippen LogP contribution in [0.4, 0.5) is 11.4 Å². The van der Waals surface area contributed by atoms with Crippen LogP contribution in [0.1, 0.15) is 17.2 Å². The van der Waals surface area contributed by atoms with Crippen LogP contribution in [0.25, 0.3) is 5.76 Å². The van der Waals surface area contributed by atoms with Crippen LogP contribution in [0.3, 0.4) is 0 Å². The first-order valence-corrected chi connectivity index (χ1v) is 9.62. The van der Waals surface area contributed by atoms with E-state index in [1.54, 1.807) is 54.6 Å². The molecule has 0 aliphatic carbocycles. The Morgan fingerprint density at radius 2 is 1.55 bits per heavy atom. The molecule has 3 aromatic carbocycles. The van der Waals surface area contributed by atoms with Crippen molar-refractivity contribution in [3.63, 3.8) is 0 Å². The molecular weight excluding hydrogens is 420 g/mol. The Labute approximate surface area is 182 Å². The smallest absolute Gasteiger partial charge is 0.300 e. The lowest BCUT2D eigenvalue weighted by Gasteiger charge is -2.25. The van der Waals surface area contributed by atoms with Crippen LogP contribution in [0, 0.1) is 10.1 Å². The molecule has 0 spiro atoms. The van der Waals surface area contributed by atoms with E-state index in [2.05, 4.69) is 0 Å². The minimum absolute atomic E-state index is 0.0972. The first-order valence-electron chi connectivity index (χ1n) is 9.25. The molecule has 4 rings (SSSR count). The molecule has 154 valence electrons. The molecule has 1 amide bonds. The van der Waals surface area contributed by atoms with Crippen molar-refractivity contribution in [3.05, 3.63) is 111 Å². The Hall–Kier alpha value is -3.97. The summed E-state index contributed by atoms with van der Waals surface area (Å²) in [5.74, 6) is -1.98. The highest BCUT2D eigenvalue weighted by molar-refractivity contribution is 6.51. The van der Waals surface area contributed by atoms with Gasteiger partial charge in [-0.3, -0.25) is 24.6 Å². The van der Waals surface area contributed by atoms with Crippen molar-refractivity contribution in [1.29, 1.82) is 0 Å². The average molecular weight is 435 g/mol. The molecule has 3 aromatic rings. The number of Topliss-reactive ketones (excluding diaryl/α,β-unsaturated/α-hetero) is 1. The molecule has 31 heavy (non-hydrogen) atoms. The number of benzene rings is 3. The van der Waals surface area contributed by atoms with E-state index < -0.39 is 22.7 Å².